The molecule has 0 amide bonds. The highest BCUT2D eigenvalue weighted by molar-refractivity contribution is 7.34. The lowest BCUT2D eigenvalue weighted by atomic mass is 10.00. The van der Waals surface area contributed by atoms with Crippen LogP contribution in [-0.4, -0.2) is 7.42 Å². The second kappa shape index (κ2) is 4.63. The van der Waals surface area contributed by atoms with Crippen molar-refractivity contribution in [3.63, 3.8) is 0 Å². The van der Waals surface area contributed by atoms with Crippen molar-refractivity contribution in [2.75, 3.05) is 0 Å². The van der Waals surface area contributed by atoms with Gasteiger partial charge in [-0.1, -0.05) is 27.7 Å². The van der Waals surface area contributed by atoms with Crippen LogP contribution in [0.3, 0.4) is 0 Å². The molecule has 0 saturated heterocycles. The van der Waals surface area contributed by atoms with E-state index in [9.17, 15) is 0 Å². The van der Waals surface area contributed by atoms with Crippen LogP contribution in [-0.2, 0) is 0 Å². The molecule has 0 saturated carbocycles. The molecule has 0 spiro atoms. The summed E-state index contributed by atoms with van der Waals surface area (Å²) in [6, 6.07) is 0. The fourth-order valence-electron chi connectivity index (χ4n) is 1.27. The van der Waals surface area contributed by atoms with E-state index >= 15 is 0 Å². The third-order valence-electron chi connectivity index (χ3n) is 1.69. The molecule has 0 atom stereocenters. The van der Waals surface area contributed by atoms with Crippen molar-refractivity contribution in [1.82, 2.24) is 0 Å². The Morgan fingerprint density at radius 2 is 1.20 bits per heavy atom. The molecule has 10 heavy (non-hydrogen) atoms. The van der Waals surface area contributed by atoms with Crippen molar-refractivity contribution in [3.8, 4) is 0 Å². The van der Waals surface area contributed by atoms with Crippen LogP contribution in [0, 0.1) is 11.8 Å². The van der Waals surface area contributed by atoms with E-state index in [4.69, 9.17) is 22.2 Å². The smallest absolute Gasteiger partial charge is 0.146 e. The Morgan fingerprint density at radius 1 is 0.900 bits per heavy atom. The third-order valence-corrected chi connectivity index (χ3v) is 5.04. The van der Waals surface area contributed by atoms with Gasteiger partial charge < -0.3 is 0 Å². The number of hydrogen-bond donors (Lipinski definition) is 0. The summed E-state index contributed by atoms with van der Waals surface area (Å²) in [5.41, 5.74) is 0.522. The van der Waals surface area contributed by atoms with Gasteiger partial charge in [-0.15, -0.1) is 22.2 Å². The Labute approximate surface area is 74.9 Å². The minimum absolute atomic E-state index is 0.522. The van der Waals surface area contributed by atoms with Crippen molar-refractivity contribution in [2.24, 2.45) is 11.8 Å². The monoisotopic (exact) mass is 197 g/mol. The van der Waals surface area contributed by atoms with E-state index in [1.165, 1.54) is 0 Å². The Morgan fingerprint density at radius 3 is 1.20 bits per heavy atom. The summed E-state index contributed by atoms with van der Waals surface area (Å²) in [5, 5.41) is 0. The van der Waals surface area contributed by atoms with Gasteiger partial charge in [-0.25, -0.2) is 0 Å². The molecule has 0 aromatic carbocycles. The van der Waals surface area contributed by atoms with Gasteiger partial charge >= 0.3 is 0 Å². The average Bonchev–Trinajstić information content (AvgIpc) is 1.59. The molecule has 0 N–H and O–H groups in total. The van der Waals surface area contributed by atoms with Crippen molar-refractivity contribution in [1.29, 1.82) is 0 Å². The zero-order valence-electron chi connectivity index (χ0n) is 6.99. The van der Waals surface area contributed by atoms with Crippen LogP contribution in [0.4, 0.5) is 0 Å². The Bertz CT molecular complexity index is 72.6. The predicted molar refractivity (Wildman–Crippen MR) is 50.9 cm³/mol. The Kier molecular flexibility index (Phi) is 5.00. The lowest BCUT2D eigenvalue weighted by Gasteiger charge is -2.23. The first kappa shape index (κ1) is 10.8. The lowest BCUT2D eigenvalue weighted by Crippen LogP contribution is -2.19. The second-order valence-corrected chi connectivity index (χ2v) is 7.57. The van der Waals surface area contributed by atoms with E-state index in [1.807, 2.05) is 0 Å². The quantitative estimate of drug-likeness (QED) is 0.479. The van der Waals surface area contributed by atoms with E-state index < -0.39 is 7.42 Å². The summed E-state index contributed by atoms with van der Waals surface area (Å²) in [7, 11) is -1.13. The average molecular weight is 198 g/mol. The maximum atomic E-state index is 5.90. The Balaban J connectivity index is 3.98. The van der Waals surface area contributed by atoms with Crippen LogP contribution in [0.15, 0.2) is 0 Å². The first-order valence-corrected chi connectivity index (χ1v) is 7.24. The molecule has 0 fully saturated rings. The fraction of sp³-hybridized carbons (Fsp3) is 1.00. The van der Waals surface area contributed by atoms with Gasteiger partial charge in [-0.05, 0) is 17.4 Å². The molecule has 0 aromatic heterocycles. The maximum Gasteiger partial charge on any atom is 0.277 e. The highest BCUT2D eigenvalue weighted by Gasteiger charge is 2.26. The molecule has 0 aromatic rings. The predicted octanol–water partition coefficient (Wildman–Crippen LogP) is 3.63. The van der Waals surface area contributed by atoms with Gasteiger partial charge in [0.05, 0.1) is 0 Å². The van der Waals surface area contributed by atoms with Gasteiger partial charge in [0.25, 0.3) is 7.42 Å². The lowest BCUT2D eigenvalue weighted by molar-refractivity contribution is 0.466. The molecule has 0 nitrogen and oxygen atoms in total. The summed E-state index contributed by atoms with van der Waals surface area (Å²) in [5.74, 6) is 1.23. The summed E-state index contributed by atoms with van der Waals surface area (Å²) in [6.07, 6.45) is 0. The molecule has 0 aliphatic rings. The zero-order chi connectivity index (χ0) is 8.31. The largest absolute Gasteiger partial charge is 0.277 e. The highest BCUT2D eigenvalue weighted by atomic mass is 35.7. The van der Waals surface area contributed by atoms with Gasteiger partial charge in [-0.3, -0.25) is 0 Å². The molecular weight excluding hydrogens is 183 g/mol. The molecule has 0 aliphatic carbocycles. The summed E-state index contributed by atoms with van der Waals surface area (Å²) < 4.78 is 0. The molecule has 0 aliphatic heterocycles. The molecule has 0 unspecified atom stereocenters. The van der Waals surface area contributed by atoms with Crippen LogP contribution in [0.1, 0.15) is 27.7 Å². The first-order valence-electron chi connectivity index (χ1n) is 3.64. The van der Waals surface area contributed by atoms with Crippen LogP contribution >= 0.6 is 22.2 Å². The molecular formula is C7H15Cl2Si. The van der Waals surface area contributed by atoms with Gasteiger partial charge in [0.15, 0.2) is 0 Å². The Hall–Kier alpha value is 0.797. The van der Waals surface area contributed by atoms with Crippen LogP contribution in [0.5, 0.6) is 0 Å². The summed E-state index contributed by atoms with van der Waals surface area (Å²) >= 11 is 11.8. The zero-order valence-corrected chi connectivity index (χ0v) is 9.50. The van der Waals surface area contributed by atoms with Gasteiger partial charge in [-0.2, -0.15) is 0 Å². The van der Waals surface area contributed by atoms with Crippen molar-refractivity contribution >= 4 is 29.6 Å². The normalized spacial score (nSPS) is 12.6. The number of halogens is 2. The fourth-order valence-corrected chi connectivity index (χ4v) is 5.31. The van der Waals surface area contributed by atoms with Crippen LogP contribution < -0.4 is 0 Å². The highest BCUT2D eigenvalue weighted by Crippen LogP contribution is 2.33. The van der Waals surface area contributed by atoms with Crippen molar-refractivity contribution < 1.29 is 0 Å². The molecule has 3 heteroatoms. The van der Waals surface area contributed by atoms with Gasteiger partial charge in [0.2, 0.25) is 0 Å². The van der Waals surface area contributed by atoms with E-state index in [2.05, 4.69) is 27.7 Å². The minimum atomic E-state index is -1.13. The van der Waals surface area contributed by atoms with Gasteiger partial charge in [0.1, 0.15) is 0 Å². The van der Waals surface area contributed by atoms with E-state index in [0.717, 1.165) is 0 Å². The molecule has 1 radical (unpaired) electrons. The molecule has 61 valence electrons. The van der Waals surface area contributed by atoms with Gasteiger partial charge in [0, 0.05) is 0 Å². The second-order valence-electron chi connectivity index (χ2n) is 3.30. The SMILES string of the molecule is CC(C)C(C(C)C)[Si](Cl)Cl. The molecule has 0 heterocycles. The van der Waals surface area contributed by atoms with E-state index in [-0.39, 0.29) is 0 Å². The standard InChI is InChI=1S/C7H15Cl2Si/c1-5(2)7(6(3)4)10(8)9/h5-7H,1-4H3. The van der Waals surface area contributed by atoms with Crippen molar-refractivity contribution in [3.05, 3.63) is 0 Å². The number of hydrogen-bond acceptors (Lipinski definition) is 0. The summed E-state index contributed by atoms with van der Waals surface area (Å²) in [6.45, 7) is 8.72. The maximum absolute atomic E-state index is 5.90. The first-order chi connectivity index (χ1) is 4.46. The topological polar surface area (TPSA) is 0 Å². The van der Waals surface area contributed by atoms with E-state index in [0.29, 0.717) is 17.4 Å². The third kappa shape index (κ3) is 3.27. The van der Waals surface area contributed by atoms with Crippen LogP contribution in [0.25, 0.3) is 0 Å². The minimum Gasteiger partial charge on any atom is -0.146 e. The van der Waals surface area contributed by atoms with Crippen LogP contribution in [0.2, 0.25) is 5.54 Å². The van der Waals surface area contributed by atoms with Crippen molar-refractivity contribution in [2.45, 2.75) is 33.2 Å². The number of rotatable bonds is 3. The summed E-state index contributed by atoms with van der Waals surface area (Å²) in [4.78, 5) is 0. The van der Waals surface area contributed by atoms with E-state index in [1.54, 1.807) is 0 Å². The molecule has 0 bridgehead atoms. The molecule has 0 rings (SSSR count).